The summed E-state index contributed by atoms with van der Waals surface area (Å²) in [5.41, 5.74) is 0. The highest BCUT2D eigenvalue weighted by molar-refractivity contribution is 5.66. The van der Waals surface area contributed by atoms with Gasteiger partial charge < -0.3 is 5.11 Å². The van der Waals surface area contributed by atoms with Crippen LogP contribution < -0.4 is 0 Å². The van der Waals surface area contributed by atoms with Gasteiger partial charge in [-0.3, -0.25) is 4.79 Å². The van der Waals surface area contributed by atoms with Crippen molar-refractivity contribution in [2.24, 2.45) is 17.8 Å². The Bertz CT molecular complexity index is 223. The predicted octanol–water partition coefficient (Wildman–Crippen LogP) is 5.51. The highest BCUT2D eigenvalue weighted by Gasteiger charge is 2.07. The van der Waals surface area contributed by atoms with Gasteiger partial charge in [0.2, 0.25) is 0 Å². The van der Waals surface area contributed by atoms with Gasteiger partial charge in [0.15, 0.2) is 0 Å². The van der Waals surface area contributed by atoms with Gasteiger partial charge >= 0.3 is 5.97 Å². The lowest BCUT2D eigenvalue weighted by Gasteiger charge is -2.14. The van der Waals surface area contributed by atoms with Crippen molar-refractivity contribution in [1.82, 2.24) is 0 Å². The molecule has 0 fully saturated rings. The quantitative estimate of drug-likeness (QED) is 0.507. The van der Waals surface area contributed by atoms with Gasteiger partial charge in [-0.25, -0.2) is 0 Å². The van der Waals surface area contributed by atoms with Gasteiger partial charge in [0.05, 0.1) is 0 Å². The average molecular weight is 270 g/mol. The molecule has 0 radical (unpaired) electrons. The molecule has 0 aliphatic heterocycles. The van der Waals surface area contributed by atoms with E-state index < -0.39 is 5.97 Å². The minimum atomic E-state index is -0.661. The Hall–Kier alpha value is -0.530. The number of hydrogen-bond donors (Lipinski definition) is 1. The normalized spacial score (nSPS) is 14.6. The van der Waals surface area contributed by atoms with Gasteiger partial charge in [0.25, 0.3) is 0 Å². The van der Waals surface area contributed by atoms with Gasteiger partial charge in [-0.2, -0.15) is 0 Å². The minimum Gasteiger partial charge on any atom is -0.481 e. The summed E-state index contributed by atoms with van der Waals surface area (Å²) in [7, 11) is 0. The molecule has 2 atom stereocenters. The predicted molar refractivity (Wildman–Crippen MR) is 82.4 cm³/mol. The molecule has 0 saturated carbocycles. The lowest BCUT2D eigenvalue weighted by Crippen LogP contribution is -2.01. The molecule has 2 heteroatoms. The van der Waals surface area contributed by atoms with Crippen molar-refractivity contribution in [2.75, 3.05) is 0 Å². The smallest absolute Gasteiger partial charge is 0.303 e. The molecule has 0 amide bonds. The Labute approximate surface area is 120 Å². The lowest BCUT2D eigenvalue weighted by atomic mass is 9.92. The van der Waals surface area contributed by atoms with Crippen LogP contribution in [0.3, 0.4) is 0 Å². The molecule has 0 bridgehead atoms. The van der Waals surface area contributed by atoms with Crippen molar-refractivity contribution in [2.45, 2.75) is 85.5 Å². The molecule has 2 nitrogen and oxygen atoms in total. The molecular formula is C17H34O2. The van der Waals surface area contributed by atoms with Crippen LogP contribution in [-0.2, 0) is 4.79 Å². The highest BCUT2D eigenvalue weighted by Crippen LogP contribution is 2.21. The number of hydrogen-bond acceptors (Lipinski definition) is 1. The molecule has 2 unspecified atom stereocenters. The molecule has 0 aromatic carbocycles. The SMILES string of the molecule is CC(C)CCCC(C)CCCC(C)CCCC(=O)O. The zero-order valence-electron chi connectivity index (χ0n) is 13.5. The largest absolute Gasteiger partial charge is 0.481 e. The first-order valence-corrected chi connectivity index (χ1v) is 8.13. The second-order valence-corrected chi connectivity index (χ2v) is 6.75. The van der Waals surface area contributed by atoms with Crippen LogP contribution in [0.4, 0.5) is 0 Å². The summed E-state index contributed by atoms with van der Waals surface area (Å²) in [6.45, 7) is 9.22. The van der Waals surface area contributed by atoms with E-state index in [-0.39, 0.29) is 0 Å². The summed E-state index contributed by atoms with van der Waals surface area (Å²) in [4.78, 5) is 10.4. The van der Waals surface area contributed by atoms with E-state index in [1.807, 2.05) is 0 Å². The van der Waals surface area contributed by atoms with Crippen LogP contribution in [0, 0.1) is 17.8 Å². The van der Waals surface area contributed by atoms with Crippen LogP contribution in [0.5, 0.6) is 0 Å². The van der Waals surface area contributed by atoms with Crippen molar-refractivity contribution in [3.05, 3.63) is 0 Å². The third-order valence-corrected chi connectivity index (χ3v) is 3.96. The van der Waals surface area contributed by atoms with Gasteiger partial charge in [0, 0.05) is 6.42 Å². The first kappa shape index (κ1) is 18.5. The fraction of sp³-hybridized carbons (Fsp3) is 0.941. The summed E-state index contributed by atoms with van der Waals surface area (Å²) in [5, 5.41) is 8.60. The molecule has 1 N–H and O–H groups in total. The first-order valence-electron chi connectivity index (χ1n) is 8.13. The van der Waals surface area contributed by atoms with Crippen LogP contribution in [0.2, 0.25) is 0 Å². The van der Waals surface area contributed by atoms with E-state index >= 15 is 0 Å². The topological polar surface area (TPSA) is 37.3 Å². The molecule has 114 valence electrons. The summed E-state index contributed by atoms with van der Waals surface area (Å²) in [5.74, 6) is 1.71. The maximum absolute atomic E-state index is 10.4. The molecule has 19 heavy (non-hydrogen) atoms. The highest BCUT2D eigenvalue weighted by atomic mass is 16.4. The van der Waals surface area contributed by atoms with Crippen molar-refractivity contribution in [3.63, 3.8) is 0 Å². The summed E-state index contributed by atoms with van der Waals surface area (Å²) in [6.07, 6.45) is 10.2. The number of rotatable bonds is 12. The zero-order valence-corrected chi connectivity index (χ0v) is 13.5. The molecule has 0 saturated heterocycles. The van der Waals surface area contributed by atoms with E-state index in [1.165, 1.54) is 38.5 Å². The van der Waals surface area contributed by atoms with Gasteiger partial charge in [-0.05, 0) is 24.2 Å². The third kappa shape index (κ3) is 13.7. The van der Waals surface area contributed by atoms with Gasteiger partial charge in [-0.1, -0.05) is 72.6 Å². The van der Waals surface area contributed by atoms with Gasteiger partial charge in [-0.15, -0.1) is 0 Å². The maximum Gasteiger partial charge on any atom is 0.303 e. The molecule has 0 spiro atoms. The third-order valence-electron chi connectivity index (χ3n) is 3.96. The molecular weight excluding hydrogens is 236 g/mol. The van der Waals surface area contributed by atoms with Crippen molar-refractivity contribution >= 4 is 5.97 Å². The van der Waals surface area contributed by atoms with E-state index in [2.05, 4.69) is 27.7 Å². The van der Waals surface area contributed by atoms with E-state index in [9.17, 15) is 4.79 Å². The second-order valence-electron chi connectivity index (χ2n) is 6.75. The van der Waals surface area contributed by atoms with E-state index in [4.69, 9.17) is 5.11 Å². The number of carboxylic acid groups (broad SMARTS) is 1. The lowest BCUT2D eigenvalue weighted by molar-refractivity contribution is -0.137. The molecule has 0 heterocycles. The van der Waals surface area contributed by atoms with E-state index in [1.54, 1.807) is 0 Å². The van der Waals surface area contributed by atoms with Crippen LogP contribution >= 0.6 is 0 Å². The Morgan fingerprint density at radius 1 is 0.789 bits per heavy atom. The monoisotopic (exact) mass is 270 g/mol. The Balaban J connectivity index is 3.42. The van der Waals surface area contributed by atoms with Crippen LogP contribution in [0.15, 0.2) is 0 Å². The standard InChI is InChI=1S/C17H34O2/c1-14(2)8-5-9-15(3)10-6-11-16(4)12-7-13-17(18)19/h14-16H,5-13H2,1-4H3,(H,18,19). The fourth-order valence-electron chi connectivity index (χ4n) is 2.58. The Morgan fingerprint density at radius 2 is 1.21 bits per heavy atom. The molecule has 0 aliphatic rings. The van der Waals surface area contributed by atoms with E-state index in [0.717, 1.165) is 24.7 Å². The minimum absolute atomic E-state index is 0.329. The average Bonchev–Trinajstić information content (AvgIpc) is 2.27. The van der Waals surface area contributed by atoms with Crippen LogP contribution in [-0.4, -0.2) is 11.1 Å². The van der Waals surface area contributed by atoms with Crippen LogP contribution in [0.25, 0.3) is 0 Å². The second kappa shape index (κ2) is 11.3. The van der Waals surface area contributed by atoms with E-state index in [0.29, 0.717) is 12.3 Å². The maximum atomic E-state index is 10.4. The Kier molecular flexibility index (Phi) is 11.0. The fourth-order valence-corrected chi connectivity index (χ4v) is 2.58. The summed E-state index contributed by atoms with van der Waals surface area (Å²) < 4.78 is 0. The number of carboxylic acids is 1. The summed E-state index contributed by atoms with van der Waals surface area (Å²) >= 11 is 0. The first-order chi connectivity index (χ1) is 8.91. The molecule has 0 aromatic heterocycles. The zero-order chi connectivity index (χ0) is 14.7. The number of aliphatic carboxylic acids is 1. The number of carbonyl (C=O) groups is 1. The van der Waals surface area contributed by atoms with Gasteiger partial charge in [0.1, 0.15) is 0 Å². The Morgan fingerprint density at radius 3 is 1.63 bits per heavy atom. The molecule has 0 aromatic rings. The van der Waals surface area contributed by atoms with Crippen molar-refractivity contribution in [1.29, 1.82) is 0 Å². The van der Waals surface area contributed by atoms with Crippen molar-refractivity contribution in [3.8, 4) is 0 Å². The van der Waals surface area contributed by atoms with Crippen molar-refractivity contribution < 1.29 is 9.90 Å². The van der Waals surface area contributed by atoms with Crippen LogP contribution in [0.1, 0.15) is 85.5 Å². The molecule has 0 aliphatic carbocycles. The summed E-state index contributed by atoms with van der Waals surface area (Å²) in [6, 6.07) is 0. The molecule has 0 rings (SSSR count).